The molecule has 0 spiro atoms. The lowest BCUT2D eigenvalue weighted by Gasteiger charge is -2.04. The number of amides is 2. The fourth-order valence-corrected chi connectivity index (χ4v) is 1.87. The minimum absolute atomic E-state index is 0.0278. The van der Waals surface area contributed by atoms with E-state index in [0.717, 1.165) is 5.56 Å². The first-order valence-electron chi connectivity index (χ1n) is 7.37. The predicted octanol–water partition coefficient (Wildman–Crippen LogP) is 1.78. The van der Waals surface area contributed by atoms with E-state index in [-0.39, 0.29) is 18.1 Å². The first-order valence-corrected chi connectivity index (χ1v) is 7.37. The molecule has 8 nitrogen and oxygen atoms in total. The highest BCUT2D eigenvalue weighted by Gasteiger charge is 2.07. The highest BCUT2D eigenvalue weighted by Crippen LogP contribution is 2.10. The van der Waals surface area contributed by atoms with E-state index in [2.05, 4.69) is 15.8 Å². The van der Waals surface area contributed by atoms with Gasteiger partial charge in [-0.2, -0.15) is 5.10 Å². The van der Waals surface area contributed by atoms with E-state index >= 15 is 0 Å². The largest absolute Gasteiger partial charge is 0.343 e. The number of hydrogen-bond donors (Lipinski definition) is 2. The SMILES string of the molecule is Cc1ccc(C(=O)NCC(=O)N/N=C\c2ccc([N+](=O)[O-])cc2)cc1. The number of nitrogens with zero attached hydrogens (tertiary/aromatic N) is 2. The molecule has 0 heterocycles. The number of nitrogens with one attached hydrogen (secondary N) is 2. The number of nitro groups is 1. The van der Waals surface area contributed by atoms with Gasteiger partial charge in [0.15, 0.2) is 0 Å². The molecule has 0 aliphatic rings. The molecular weight excluding hydrogens is 324 g/mol. The van der Waals surface area contributed by atoms with Crippen LogP contribution in [-0.2, 0) is 4.79 Å². The quantitative estimate of drug-likeness (QED) is 0.474. The summed E-state index contributed by atoms with van der Waals surface area (Å²) in [6.07, 6.45) is 1.35. The number of hydrogen-bond acceptors (Lipinski definition) is 5. The van der Waals surface area contributed by atoms with Crippen LogP contribution in [0.3, 0.4) is 0 Å². The smallest absolute Gasteiger partial charge is 0.269 e. The van der Waals surface area contributed by atoms with Crippen molar-refractivity contribution in [2.45, 2.75) is 6.92 Å². The number of hydrazone groups is 1. The Morgan fingerprint density at radius 3 is 2.36 bits per heavy atom. The maximum absolute atomic E-state index is 11.9. The van der Waals surface area contributed by atoms with Crippen LogP contribution in [0.15, 0.2) is 53.6 Å². The van der Waals surface area contributed by atoms with E-state index in [9.17, 15) is 19.7 Å². The van der Waals surface area contributed by atoms with Crippen LogP contribution in [0.25, 0.3) is 0 Å². The molecule has 128 valence electrons. The van der Waals surface area contributed by atoms with Crippen LogP contribution >= 0.6 is 0 Å². The summed E-state index contributed by atoms with van der Waals surface area (Å²) in [5, 5.41) is 16.8. The standard InChI is InChI=1S/C17H16N4O4/c1-12-2-6-14(7-3-12)17(23)18-11-16(22)20-19-10-13-4-8-15(9-5-13)21(24)25/h2-10H,11H2,1H3,(H,18,23)(H,20,22)/b19-10-. The molecule has 2 aromatic carbocycles. The molecule has 0 aliphatic carbocycles. The molecule has 8 heteroatoms. The van der Waals surface area contributed by atoms with Crippen molar-refractivity contribution in [1.82, 2.24) is 10.7 Å². The second-order valence-electron chi connectivity index (χ2n) is 5.19. The molecule has 0 unspecified atom stereocenters. The third-order valence-electron chi connectivity index (χ3n) is 3.23. The number of aryl methyl sites for hydroxylation is 1. The predicted molar refractivity (Wildman–Crippen MR) is 92.3 cm³/mol. The molecule has 0 radical (unpaired) electrons. The van der Waals surface area contributed by atoms with Crippen molar-refractivity contribution in [3.05, 3.63) is 75.3 Å². The van der Waals surface area contributed by atoms with Crippen molar-refractivity contribution in [2.75, 3.05) is 6.54 Å². The first-order chi connectivity index (χ1) is 12.0. The van der Waals surface area contributed by atoms with Gasteiger partial charge < -0.3 is 5.32 Å². The van der Waals surface area contributed by atoms with Gasteiger partial charge in [0.2, 0.25) is 0 Å². The van der Waals surface area contributed by atoms with Gasteiger partial charge in [-0.05, 0) is 36.8 Å². The van der Waals surface area contributed by atoms with Crippen LogP contribution in [0.4, 0.5) is 5.69 Å². The summed E-state index contributed by atoms with van der Waals surface area (Å²) in [6.45, 7) is 1.70. The third-order valence-corrected chi connectivity index (χ3v) is 3.23. The normalized spacial score (nSPS) is 10.4. The molecule has 2 aromatic rings. The van der Waals surface area contributed by atoms with Gasteiger partial charge in [-0.1, -0.05) is 17.7 Å². The molecule has 0 bridgehead atoms. The Morgan fingerprint density at radius 1 is 1.12 bits per heavy atom. The van der Waals surface area contributed by atoms with Crippen LogP contribution in [0, 0.1) is 17.0 Å². The molecule has 25 heavy (non-hydrogen) atoms. The van der Waals surface area contributed by atoms with Crippen LogP contribution < -0.4 is 10.7 Å². The van der Waals surface area contributed by atoms with E-state index in [0.29, 0.717) is 11.1 Å². The van der Waals surface area contributed by atoms with E-state index in [1.807, 2.05) is 19.1 Å². The molecule has 2 N–H and O–H groups in total. The molecule has 0 saturated heterocycles. The highest BCUT2D eigenvalue weighted by molar-refractivity contribution is 5.96. The van der Waals surface area contributed by atoms with E-state index in [1.165, 1.54) is 30.5 Å². The molecule has 0 aliphatic heterocycles. The summed E-state index contributed by atoms with van der Waals surface area (Å²) < 4.78 is 0. The number of non-ortho nitro benzene ring substituents is 1. The topological polar surface area (TPSA) is 114 Å². The number of benzene rings is 2. The lowest BCUT2D eigenvalue weighted by molar-refractivity contribution is -0.384. The number of rotatable bonds is 6. The second kappa shape index (κ2) is 8.34. The van der Waals surface area contributed by atoms with Crippen molar-refractivity contribution >= 4 is 23.7 Å². The molecule has 2 rings (SSSR count). The van der Waals surface area contributed by atoms with Crippen molar-refractivity contribution in [3.8, 4) is 0 Å². The average molecular weight is 340 g/mol. The van der Waals surface area contributed by atoms with Gasteiger partial charge in [-0.3, -0.25) is 19.7 Å². The highest BCUT2D eigenvalue weighted by atomic mass is 16.6. The second-order valence-corrected chi connectivity index (χ2v) is 5.19. The van der Waals surface area contributed by atoms with Gasteiger partial charge in [0.1, 0.15) is 0 Å². The summed E-state index contributed by atoms with van der Waals surface area (Å²) in [7, 11) is 0. The molecule has 0 saturated carbocycles. The van der Waals surface area contributed by atoms with Crippen LogP contribution in [0.5, 0.6) is 0 Å². The van der Waals surface area contributed by atoms with Gasteiger partial charge in [0.05, 0.1) is 17.7 Å². The first kappa shape index (κ1) is 17.8. The van der Waals surface area contributed by atoms with E-state index in [1.54, 1.807) is 12.1 Å². The Balaban J connectivity index is 1.79. The molecule has 0 atom stereocenters. The Bertz CT molecular complexity index is 798. The summed E-state index contributed by atoms with van der Waals surface area (Å²) in [5.41, 5.74) is 4.33. The van der Waals surface area contributed by atoms with Crippen molar-refractivity contribution < 1.29 is 14.5 Å². The van der Waals surface area contributed by atoms with Gasteiger partial charge in [0.25, 0.3) is 17.5 Å². The summed E-state index contributed by atoms with van der Waals surface area (Å²) in [5.74, 6) is -0.840. The summed E-state index contributed by atoms with van der Waals surface area (Å²) in [4.78, 5) is 33.5. The molecule has 2 amide bonds. The number of carbonyl (C=O) groups is 2. The maximum Gasteiger partial charge on any atom is 0.269 e. The summed E-state index contributed by atoms with van der Waals surface area (Å²) in [6, 6.07) is 12.7. The fourth-order valence-electron chi connectivity index (χ4n) is 1.87. The Kier molecular flexibility index (Phi) is 5.94. The van der Waals surface area contributed by atoms with Crippen molar-refractivity contribution in [2.24, 2.45) is 5.10 Å². The fraction of sp³-hybridized carbons (Fsp3) is 0.118. The van der Waals surface area contributed by atoms with E-state index < -0.39 is 10.8 Å². The maximum atomic E-state index is 11.9. The summed E-state index contributed by atoms with van der Waals surface area (Å²) >= 11 is 0. The zero-order valence-electron chi connectivity index (χ0n) is 13.4. The minimum Gasteiger partial charge on any atom is -0.343 e. The lowest BCUT2D eigenvalue weighted by atomic mass is 10.1. The van der Waals surface area contributed by atoms with Gasteiger partial charge in [0, 0.05) is 17.7 Å². The zero-order valence-corrected chi connectivity index (χ0v) is 13.4. The lowest BCUT2D eigenvalue weighted by Crippen LogP contribution is -2.34. The molecule has 0 fully saturated rings. The van der Waals surface area contributed by atoms with Gasteiger partial charge in [-0.25, -0.2) is 5.43 Å². The Labute approximate surface area is 143 Å². The number of carbonyl (C=O) groups excluding carboxylic acids is 2. The average Bonchev–Trinajstić information content (AvgIpc) is 2.60. The van der Waals surface area contributed by atoms with Crippen LogP contribution in [-0.4, -0.2) is 29.5 Å². The minimum atomic E-state index is -0.501. The van der Waals surface area contributed by atoms with Crippen LogP contribution in [0.1, 0.15) is 21.5 Å². The van der Waals surface area contributed by atoms with Gasteiger partial charge in [-0.15, -0.1) is 0 Å². The monoisotopic (exact) mass is 340 g/mol. The molecular formula is C17H16N4O4. The molecule has 0 aromatic heterocycles. The third kappa shape index (κ3) is 5.54. The van der Waals surface area contributed by atoms with E-state index in [4.69, 9.17) is 0 Å². The van der Waals surface area contributed by atoms with Crippen molar-refractivity contribution in [3.63, 3.8) is 0 Å². The zero-order chi connectivity index (χ0) is 18.2. The van der Waals surface area contributed by atoms with Crippen LogP contribution in [0.2, 0.25) is 0 Å². The van der Waals surface area contributed by atoms with Gasteiger partial charge >= 0.3 is 0 Å². The van der Waals surface area contributed by atoms with Crippen molar-refractivity contribution in [1.29, 1.82) is 0 Å². The Hall–Kier alpha value is -3.55. The Morgan fingerprint density at radius 2 is 1.76 bits per heavy atom. The number of nitro benzene ring substituents is 1.